The zero-order valence-corrected chi connectivity index (χ0v) is 14.9. The lowest BCUT2D eigenvalue weighted by Crippen LogP contribution is -2.51. The molecule has 1 unspecified atom stereocenters. The van der Waals surface area contributed by atoms with E-state index in [0.717, 1.165) is 26.2 Å². The molecule has 3 rings (SSSR count). The van der Waals surface area contributed by atoms with Crippen molar-refractivity contribution in [3.8, 4) is 0 Å². The molecule has 2 heterocycles. The number of thiophene rings is 1. The lowest BCUT2D eigenvalue weighted by Gasteiger charge is -2.41. The Morgan fingerprint density at radius 3 is 2.64 bits per heavy atom. The van der Waals surface area contributed by atoms with Gasteiger partial charge in [-0.3, -0.25) is 4.90 Å². The van der Waals surface area contributed by atoms with Crippen LogP contribution in [-0.4, -0.2) is 30.6 Å². The van der Waals surface area contributed by atoms with Crippen molar-refractivity contribution in [3.05, 3.63) is 51.2 Å². The third-order valence-electron chi connectivity index (χ3n) is 4.83. The first kappa shape index (κ1) is 15.6. The van der Waals surface area contributed by atoms with Crippen LogP contribution in [0.3, 0.4) is 0 Å². The van der Waals surface area contributed by atoms with Gasteiger partial charge < -0.3 is 4.90 Å². The van der Waals surface area contributed by atoms with Crippen molar-refractivity contribution in [3.63, 3.8) is 0 Å². The molecule has 3 heteroatoms. The number of hydrogen-bond donors (Lipinski definition) is 0. The molecule has 0 saturated carbocycles. The number of piperazine rings is 1. The molecule has 1 aromatic heterocycles. The third kappa shape index (κ3) is 3.21. The molecule has 2 aromatic rings. The van der Waals surface area contributed by atoms with E-state index in [-0.39, 0.29) is 0 Å². The zero-order valence-electron chi connectivity index (χ0n) is 14.1. The first-order valence-corrected chi connectivity index (χ1v) is 9.02. The molecule has 0 N–H and O–H groups in total. The van der Waals surface area contributed by atoms with Crippen LogP contribution in [0, 0.1) is 20.8 Å². The van der Waals surface area contributed by atoms with Gasteiger partial charge in [0.05, 0.1) is 0 Å². The quantitative estimate of drug-likeness (QED) is 0.829. The fourth-order valence-corrected chi connectivity index (χ4v) is 4.20. The van der Waals surface area contributed by atoms with Crippen LogP contribution in [0.5, 0.6) is 0 Å². The van der Waals surface area contributed by atoms with Crippen LogP contribution < -0.4 is 4.90 Å². The summed E-state index contributed by atoms with van der Waals surface area (Å²) in [7, 11) is 0. The molecule has 0 aliphatic carbocycles. The second-order valence-corrected chi connectivity index (χ2v) is 7.64. The summed E-state index contributed by atoms with van der Waals surface area (Å²) in [4.78, 5) is 6.61. The largest absolute Gasteiger partial charge is 0.366 e. The highest BCUT2D eigenvalue weighted by molar-refractivity contribution is 7.10. The second kappa shape index (κ2) is 6.43. The van der Waals surface area contributed by atoms with Gasteiger partial charge in [-0.25, -0.2) is 0 Å². The van der Waals surface area contributed by atoms with E-state index in [4.69, 9.17) is 0 Å². The molecular formula is C19H26N2S. The summed E-state index contributed by atoms with van der Waals surface area (Å²) in [6.45, 7) is 13.5. The normalized spacial score (nSPS) is 19.6. The Morgan fingerprint density at radius 1 is 1.18 bits per heavy atom. The number of nitrogens with zero attached hydrogens (tertiary/aromatic N) is 2. The van der Waals surface area contributed by atoms with Crippen LogP contribution in [0.25, 0.3) is 0 Å². The van der Waals surface area contributed by atoms with Crippen molar-refractivity contribution < 1.29 is 0 Å². The highest BCUT2D eigenvalue weighted by Crippen LogP contribution is 2.25. The first-order chi connectivity index (χ1) is 10.5. The standard InChI is InChI=1S/C19H26N2S/c1-14-6-5-7-19(10-14)21-9-8-20(11-15(21)2)12-18-13-22-17(4)16(18)3/h5-7,10,13,15H,8-9,11-12H2,1-4H3. The van der Waals surface area contributed by atoms with E-state index in [0.29, 0.717) is 6.04 Å². The molecule has 2 nitrogen and oxygen atoms in total. The SMILES string of the molecule is Cc1cccc(N2CCN(Cc3csc(C)c3C)CC2C)c1. The van der Waals surface area contributed by atoms with Gasteiger partial charge in [0.2, 0.25) is 0 Å². The van der Waals surface area contributed by atoms with Crippen LogP contribution >= 0.6 is 11.3 Å². The predicted octanol–water partition coefficient (Wildman–Crippen LogP) is 4.38. The van der Waals surface area contributed by atoms with Crippen LogP contribution in [0.15, 0.2) is 29.6 Å². The number of aryl methyl sites for hydroxylation is 2. The topological polar surface area (TPSA) is 6.48 Å². The molecule has 0 spiro atoms. The van der Waals surface area contributed by atoms with Gasteiger partial charge in [-0.1, -0.05) is 12.1 Å². The Hall–Kier alpha value is -1.32. The lowest BCUT2D eigenvalue weighted by molar-refractivity contribution is 0.221. The third-order valence-corrected chi connectivity index (χ3v) is 5.89. The number of rotatable bonds is 3. The van der Waals surface area contributed by atoms with Crippen LogP contribution in [0.1, 0.15) is 28.5 Å². The molecule has 1 atom stereocenters. The maximum Gasteiger partial charge on any atom is 0.0389 e. The monoisotopic (exact) mass is 314 g/mol. The summed E-state index contributed by atoms with van der Waals surface area (Å²) in [5.74, 6) is 0. The molecule has 1 fully saturated rings. The fourth-order valence-electron chi connectivity index (χ4n) is 3.33. The smallest absolute Gasteiger partial charge is 0.0389 e. The Labute approximate surface area is 138 Å². The van der Waals surface area contributed by atoms with Gasteiger partial charge in [-0.2, -0.15) is 0 Å². The molecule has 0 amide bonds. The highest BCUT2D eigenvalue weighted by atomic mass is 32.1. The predicted molar refractivity (Wildman–Crippen MR) is 97.1 cm³/mol. The fraction of sp³-hybridized carbons (Fsp3) is 0.474. The molecule has 118 valence electrons. The van der Waals surface area contributed by atoms with Crippen LogP contribution in [0.2, 0.25) is 0 Å². The molecule has 1 aliphatic rings. The molecule has 1 saturated heterocycles. The van der Waals surface area contributed by atoms with Gasteiger partial charge in [0, 0.05) is 42.8 Å². The van der Waals surface area contributed by atoms with Gasteiger partial charge in [0.1, 0.15) is 0 Å². The van der Waals surface area contributed by atoms with E-state index in [1.807, 2.05) is 11.3 Å². The average Bonchev–Trinajstić information content (AvgIpc) is 2.79. The van der Waals surface area contributed by atoms with Crippen molar-refractivity contribution in [2.75, 3.05) is 24.5 Å². The summed E-state index contributed by atoms with van der Waals surface area (Å²) in [6, 6.07) is 9.45. The Bertz CT molecular complexity index is 647. The summed E-state index contributed by atoms with van der Waals surface area (Å²) in [6.07, 6.45) is 0. The number of benzene rings is 1. The summed E-state index contributed by atoms with van der Waals surface area (Å²) >= 11 is 1.88. The van der Waals surface area contributed by atoms with E-state index in [1.165, 1.54) is 27.3 Å². The van der Waals surface area contributed by atoms with Gasteiger partial charge in [-0.05, 0) is 61.9 Å². The number of anilines is 1. The van der Waals surface area contributed by atoms with Crippen LogP contribution in [0.4, 0.5) is 5.69 Å². The highest BCUT2D eigenvalue weighted by Gasteiger charge is 2.24. The molecule has 22 heavy (non-hydrogen) atoms. The van der Waals surface area contributed by atoms with Gasteiger partial charge in [0.25, 0.3) is 0 Å². The van der Waals surface area contributed by atoms with Crippen molar-refractivity contribution >= 4 is 17.0 Å². The molecule has 1 aliphatic heterocycles. The molecule has 0 bridgehead atoms. The second-order valence-electron chi connectivity index (χ2n) is 6.56. The van der Waals surface area contributed by atoms with Gasteiger partial charge in [-0.15, -0.1) is 11.3 Å². The Kier molecular flexibility index (Phi) is 4.55. The average molecular weight is 314 g/mol. The minimum absolute atomic E-state index is 0.565. The zero-order chi connectivity index (χ0) is 15.7. The van der Waals surface area contributed by atoms with E-state index in [2.05, 4.69) is 67.1 Å². The van der Waals surface area contributed by atoms with Crippen molar-refractivity contribution in [2.24, 2.45) is 0 Å². The maximum atomic E-state index is 2.60. The summed E-state index contributed by atoms with van der Waals surface area (Å²) in [5, 5.41) is 2.34. The van der Waals surface area contributed by atoms with Crippen molar-refractivity contribution in [1.82, 2.24) is 4.90 Å². The number of hydrogen-bond acceptors (Lipinski definition) is 3. The molecule has 1 aromatic carbocycles. The van der Waals surface area contributed by atoms with Gasteiger partial charge >= 0.3 is 0 Å². The van der Waals surface area contributed by atoms with E-state index < -0.39 is 0 Å². The minimum atomic E-state index is 0.565. The molecule has 0 radical (unpaired) electrons. The van der Waals surface area contributed by atoms with E-state index in [1.54, 1.807) is 0 Å². The molecular weight excluding hydrogens is 288 g/mol. The van der Waals surface area contributed by atoms with Crippen LogP contribution in [-0.2, 0) is 6.54 Å². The minimum Gasteiger partial charge on any atom is -0.366 e. The van der Waals surface area contributed by atoms with Crippen molar-refractivity contribution in [1.29, 1.82) is 0 Å². The van der Waals surface area contributed by atoms with Gasteiger partial charge in [0.15, 0.2) is 0 Å². The van der Waals surface area contributed by atoms with E-state index in [9.17, 15) is 0 Å². The summed E-state index contributed by atoms with van der Waals surface area (Å²) < 4.78 is 0. The lowest BCUT2D eigenvalue weighted by atomic mass is 10.1. The Morgan fingerprint density at radius 2 is 2.00 bits per heavy atom. The Balaban J connectivity index is 1.66. The maximum absolute atomic E-state index is 2.60. The summed E-state index contributed by atoms with van der Waals surface area (Å²) in [5.41, 5.74) is 5.71. The van der Waals surface area contributed by atoms with E-state index >= 15 is 0 Å². The first-order valence-electron chi connectivity index (χ1n) is 8.14. The van der Waals surface area contributed by atoms with Crippen molar-refractivity contribution in [2.45, 2.75) is 40.3 Å².